The molecule has 2 unspecified atom stereocenters. The summed E-state index contributed by atoms with van der Waals surface area (Å²) in [6.45, 7) is 6.90. The number of nitrogens with zero attached hydrogens (tertiary/aromatic N) is 1. The molecule has 2 N–H and O–H groups in total. The maximum Gasteiger partial charge on any atom is 0.0894 e. The van der Waals surface area contributed by atoms with Gasteiger partial charge in [-0.15, -0.1) is 0 Å². The molecule has 1 heterocycles. The molecule has 1 aliphatic heterocycles. The molecule has 0 bridgehead atoms. The molecule has 1 aromatic carbocycles. The fraction of sp³-hybridized carbons (Fsp3) is 0.571. The standard InChI is InChI=1S/C14H22N2O/c1-10-6-11(2)8-12(7-10)14(15)13-9-16(3)4-5-17-13/h6-8,13-14H,4-5,9,15H2,1-3H3. The summed E-state index contributed by atoms with van der Waals surface area (Å²) in [5.41, 5.74) is 10.0. The van der Waals surface area contributed by atoms with E-state index in [1.807, 2.05) is 0 Å². The molecule has 2 atom stereocenters. The number of ether oxygens (including phenoxy) is 1. The fourth-order valence-corrected chi connectivity index (χ4v) is 2.45. The van der Waals surface area contributed by atoms with Crippen LogP contribution in [0, 0.1) is 13.8 Å². The van der Waals surface area contributed by atoms with Crippen molar-refractivity contribution in [2.75, 3.05) is 26.7 Å². The van der Waals surface area contributed by atoms with Crippen molar-refractivity contribution in [3.63, 3.8) is 0 Å². The third-order valence-electron chi connectivity index (χ3n) is 3.33. The molecule has 17 heavy (non-hydrogen) atoms. The van der Waals surface area contributed by atoms with Gasteiger partial charge in [-0.2, -0.15) is 0 Å². The molecule has 1 saturated heterocycles. The SMILES string of the molecule is Cc1cc(C)cc(C(N)C2CN(C)CCO2)c1. The molecule has 0 spiro atoms. The summed E-state index contributed by atoms with van der Waals surface area (Å²) in [4.78, 5) is 2.27. The van der Waals surface area contributed by atoms with Crippen LogP contribution in [0.1, 0.15) is 22.7 Å². The third kappa shape index (κ3) is 3.06. The van der Waals surface area contributed by atoms with E-state index in [9.17, 15) is 0 Å². The van der Waals surface area contributed by atoms with Crippen LogP contribution in [0.2, 0.25) is 0 Å². The molecular formula is C14H22N2O. The zero-order valence-corrected chi connectivity index (χ0v) is 10.9. The highest BCUT2D eigenvalue weighted by molar-refractivity contribution is 5.31. The van der Waals surface area contributed by atoms with E-state index in [2.05, 4.69) is 44.0 Å². The van der Waals surface area contributed by atoms with Crippen LogP contribution >= 0.6 is 0 Å². The van der Waals surface area contributed by atoms with Gasteiger partial charge >= 0.3 is 0 Å². The lowest BCUT2D eigenvalue weighted by molar-refractivity contribution is -0.0326. The molecular weight excluding hydrogens is 212 g/mol. The summed E-state index contributed by atoms with van der Waals surface area (Å²) in [5, 5.41) is 0. The molecule has 0 aliphatic carbocycles. The van der Waals surface area contributed by atoms with Gasteiger partial charge in [0.15, 0.2) is 0 Å². The quantitative estimate of drug-likeness (QED) is 0.845. The maximum atomic E-state index is 6.32. The first-order valence-corrected chi connectivity index (χ1v) is 6.20. The van der Waals surface area contributed by atoms with Gasteiger partial charge in [-0.3, -0.25) is 0 Å². The lowest BCUT2D eigenvalue weighted by atomic mass is 9.97. The zero-order valence-electron chi connectivity index (χ0n) is 10.9. The van der Waals surface area contributed by atoms with Crippen molar-refractivity contribution >= 4 is 0 Å². The Labute approximate surface area is 104 Å². The van der Waals surface area contributed by atoms with E-state index < -0.39 is 0 Å². The topological polar surface area (TPSA) is 38.5 Å². The number of nitrogens with two attached hydrogens (primary N) is 1. The Hall–Kier alpha value is -0.900. The highest BCUT2D eigenvalue weighted by atomic mass is 16.5. The molecule has 0 aromatic heterocycles. The minimum Gasteiger partial charge on any atom is -0.374 e. The lowest BCUT2D eigenvalue weighted by Crippen LogP contribution is -2.45. The number of rotatable bonds is 2. The molecule has 94 valence electrons. The van der Waals surface area contributed by atoms with Gasteiger partial charge in [0.2, 0.25) is 0 Å². The first kappa shape index (κ1) is 12.6. The Balaban J connectivity index is 2.15. The smallest absolute Gasteiger partial charge is 0.0894 e. The van der Waals surface area contributed by atoms with Crippen LogP contribution < -0.4 is 5.73 Å². The molecule has 1 aromatic rings. The number of hydrogen-bond donors (Lipinski definition) is 1. The van der Waals surface area contributed by atoms with Gasteiger partial charge in [-0.05, 0) is 26.5 Å². The van der Waals surface area contributed by atoms with Crippen LogP contribution in [0.3, 0.4) is 0 Å². The zero-order chi connectivity index (χ0) is 12.4. The van der Waals surface area contributed by atoms with E-state index in [0.29, 0.717) is 0 Å². The highest BCUT2D eigenvalue weighted by Crippen LogP contribution is 2.21. The second kappa shape index (κ2) is 5.17. The van der Waals surface area contributed by atoms with Crippen molar-refractivity contribution < 1.29 is 4.74 Å². The Kier molecular flexibility index (Phi) is 3.82. The average molecular weight is 234 g/mol. The summed E-state index contributed by atoms with van der Waals surface area (Å²) in [5.74, 6) is 0. The van der Waals surface area contributed by atoms with Crippen LogP contribution in [0.25, 0.3) is 0 Å². The van der Waals surface area contributed by atoms with Gasteiger partial charge in [-0.25, -0.2) is 0 Å². The number of benzene rings is 1. The van der Waals surface area contributed by atoms with E-state index in [0.717, 1.165) is 19.7 Å². The molecule has 2 rings (SSSR count). The second-order valence-corrected chi connectivity index (χ2v) is 5.12. The first-order valence-electron chi connectivity index (χ1n) is 6.20. The Morgan fingerprint density at radius 2 is 1.94 bits per heavy atom. The van der Waals surface area contributed by atoms with Gasteiger partial charge in [0.1, 0.15) is 0 Å². The van der Waals surface area contributed by atoms with Gasteiger partial charge in [0, 0.05) is 13.1 Å². The van der Waals surface area contributed by atoms with Crippen LogP contribution in [0.5, 0.6) is 0 Å². The first-order chi connectivity index (χ1) is 8.06. The van der Waals surface area contributed by atoms with E-state index in [1.165, 1.54) is 16.7 Å². The molecule has 0 radical (unpaired) electrons. The van der Waals surface area contributed by atoms with Gasteiger partial charge in [-0.1, -0.05) is 29.3 Å². The second-order valence-electron chi connectivity index (χ2n) is 5.12. The monoisotopic (exact) mass is 234 g/mol. The normalized spacial score (nSPS) is 23.6. The number of likely N-dealkylation sites (N-methyl/N-ethyl adjacent to an activating group) is 1. The largest absolute Gasteiger partial charge is 0.374 e. The van der Waals surface area contributed by atoms with Gasteiger partial charge in [0.05, 0.1) is 18.8 Å². The van der Waals surface area contributed by atoms with E-state index in [4.69, 9.17) is 10.5 Å². The fourth-order valence-electron chi connectivity index (χ4n) is 2.45. The lowest BCUT2D eigenvalue weighted by Gasteiger charge is -2.33. The summed E-state index contributed by atoms with van der Waals surface area (Å²) in [7, 11) is 2.11. The minimum atomic E-state index is -0.0312. The summed E-state index contributed by atoms with van der Waals surface area (Å²) >= 11 is 0. The van der Waals surface area contributed by atoms with E-state index in [1.54, 1.807) is 0 Å². The molecule has 1 aliphatic rings. The van der Waals surface area contributed by atoms with Crippen LogP contribution in [-0.4, -0.2) is 37.7 Å². The Bertz CT molecular complexity index is 372. The molecule has 0 amide bonds. The van der Waals surface area contributed by atoms with Crippen molar-refractivity contribution in [3.05, 3.63) is 34.9 Å². The van der Waals surface area contributed by atoms with Crippen LogP contribution in [0.4, 0.5) is 0 Å². The number of aryl methyl sites for hydroxylation is 2. The van der Waals surface area contributed by atoms with Crippen molar-refractivity contribution in [2.24, 2.45) is 5.73 Å². The van der Waals surface area contributed by atoms with Crippen molar-refractivity contribution in [3.8, 4) is 0 Å². The van der Waals surface area contributed by atoms with Crippen molar-refractivity contribution in [2.45, 2.75) is 26.0 Å². The molecule has 1 fully saturated rings. The molecule has 0 saturated carbocycles. The summed E-state index contributed by atoms with van der Waals surface area (Å²) in [6, 6.07) is 6.46. The van der Waals surface area contributed by atoms with Gasteiger partial charge < -0.3 is 15.4 Å². The third-order valence-corrected chi connectivity index (χ3v) is 3.33. The Morgan fingerprint density at radius 3 is 2.53 bits per heavy atom. The molecule has 3 nitrogen and oxygen atoms in total. The maximum absolute atomic E-state index is 6.32. The predicted molar refractivity (Wildman–Crippen MR) is 70.1 cm³/mol. The van der Waals surface area contributed by atoms with Gasteiger partial charge in [0.25, 0.3) is 0 Å². The molecule has 3 heteroatoms. The van der Waals surface area contributed by atoms with E-state index in [-0.39, 0.29) is 12.1 Å². The number of morpholine rings is 1. The van der Waals surface area contributed by atoms with Crippen LogP contribution in [-0.2, 0) is 4.74 Å². The van der Waals surface area contributed by atoms with Crippen LogP contribution in [0.15, 0.2) is 18.2 Å². The predicted octanol–water partition coefficient (Wildman–Crippen LogP) is 1.63. The van der Waals surface area contributed by atoms with Crippen molar-refractivity contribution in [1.29, 1.82) is 0 Å². The van der Waals surface area contributed by atoms with Crippen molar-refractivity contribution in [1.82, 2.24) is 4.90 Å². The number of hydrogen-bond acceptors (Lipinski definition) is 3. The summed E-state index contributed by atoms with van der Waals surface area (Å²) < 4.78 is 5.78. The average Bonchev–Trinajstić information content (AvgIpc) is 2.26. The highest BCUT2D eigenvalue weighted by Gasteiger charge is 2.25. The summed E-state index contributed by atoms with van der Waals surface area (Å²) in [6.07, 6.45) is 0.106. The Morgan fingerprint density at radius 1 is 1.29 bits per heavy atom. The minimum absolute atomic E-state index is 0.0312. The van der Waals surface area contributed by atoms with E-state index >= 15 is 0 Å².